The lowest BCUT2D eigenvalue weighted by Gasteiger charge is -2.11. The number of hydrogen-bond acceptors (Lipinski definition) is 3. The Morgan fingerprint density at radius 2 is 1.91 bits per heavy atom. The van der Waals surface area contributed by atoms with E-state index < -0.39 is 11.8 Å². The lowest BCUT2D eigenvalue weighted by atomic mass is 10.1. The summed E-state index contributed by atoms with van der Waals surface area (Å²) in [6, 6.07) is 11.1. The highest BCUT2D eigenvalue weighted by Crippen LogP contribution is 2.18. The molecule has 0 aliphatic heterocycles. The topological polar surface area (TPSA) is 55.4 Å². The minimum Gasteiger partial charge on any atom is -0.462 e. The van der Waals surface area contributed by atoms with Crippen LogP contribution in [0, 0.1) is 12.7 Å². The third kappa shape index (κ3) is 4.39. The van der Waals surface area contributed by atoms with E-state index in [0.717, 1.165) is 5.56 Å². The van der Waals surface area contributed by atoms with E-state index in [1.54, 1.807) is 43.3 Å². The monoisotopic (exact) mass is 315 g/mol. The Hall–Kier alpha value is -2.69. The molecule has 2 aromatic carbocycles. The van der Waals surface area contributed by atoms with Crippen molar-refractivity contribution in [3.05, 3.63) is 65.0 Å². The van der Waals surface area contributed by atoms with Crippen LogP contribution in [0.1, 0.15) is 28.4 Å². The Balaban J connectivity index is 2.13. The fourth-order valence-electron chi connectivity index (χ4n) is 2.11. The van der Waals surface area contributed by atoms with Crippen molar-refractivity contribution < 1.29 is 18.7 Å². The predicted molar refractivity (Wildman–Crippen MR) is 85.9 cm³/mol. The zero-order chi connectivity index (χ0) is 16.8. The van der Waals surface area contributed by atoms with Gasteiger partial charge in [-0.1, -0.05) is 24.3 Å². The van der Waals surface area contributed by atoms with Gasteiger partial charge < -0.3 is 10.1 Å². The molecule has 0 aromatic heterocycles. The SMILES string of the molecule is CCOC(=O)c1ccc(C)c(NC(=O)Cc2ccccc2F)c1. The summed E-state index contributed by atoms with van der Waals surface area (Å²) < 4.78 is 18.5. The van der Waals surface area contributed by atoms with Gasteiger partial charge in [-0.25, -0.2) is 9.18 Å². The molecule has 2 rings (SSSR count). The van der Waals surface area contributed by atoms with Crippen LogP contribution in [0.3, 0.4) is 0 Å². The average molecular weight is 315 g/mol. The molecule has 23 heavy (non-hydrogen) atoms. The van der Waals surface area contributed by atoms with Gasteiger partial charge in [-0.2, -0.15) is 0 Å². The van der Waals surface area contributed by atoms with Crippen LogP contribution in [0.5, 0.6) is 0 Å². The first-order valence-corrected chi connectivity index (χ1v) is 7.32. The fraction of sp³-hybridized carbons (Fsp3) is 0.222. The van der Waals surface area contributed by atoms with Crippen molar-refractivity contribution in [1.82, 2.24) is 0 Å². The van der Waals surface area contributed by atoms with Gasteiger partial charge in [-0.05, 0) is 43.2 Å². The average Bonchev–Trinajstić information content (AvgIpc) is 2.52. The van der Waals surface area contributed by atoms with Gasteiger partial charge in [0.05, 0.1) is 18.6 Å². The van der Waals surface area contributed by atoms with Crippen LogP contribution in [0.15, 0.2) is 42.5 Å². The number of nitrogens with one attached hydrogen (secondary N) is 1. The fourth-order valence-corrected chi connectivity index (χ4v) is 2.11. The van der Waals surface area contributed by atoms with Crippen LogP contribution in [0.4, 0.5) is 10.1 Å². The number of rotatable bonds is 5. The Morgan fingerprint density at radius 3 is 2.61 bits per heavy atom. The van der Waals surface area contributed by atoms with Crippen LogP contribution < -0.4 is 5.32 Å². The lowest BCUT2D eigenvalue weighted by Crippen LogP contribution is -2.16. The van der Waals surface area contributed by atoms with Gasteiger partial charge in [0.15, 0.2) is 0 Å². The second-order valence-corrected chi connectivity index (χ2v) is 5.07. The van der Waals surface area contributed by atoms with E-state index in [9.17, 15) is 14.0 Å². The van der Waals surface area contributed by atoms with E-state index in [0.29, 0.717) is 16.8 Å². The molecule has 0 radical (unpaired) electrons. The van der Waals surface area contributed by atoms with Crippen molar-refractivity contribution in [3.63, 3.8) is 0 Å². The van der Waals surface area contributed by atoms with Crippen molar-refractivity contribution in [1.29, 1.82) is 0 Å². The lowest BCUT2D eigenvalue weighted by molar-refractivity contribution is -0.115. The van der Waals surface area contributed by atoms with E-state index in [1.807, 2.05) is 6.92 Å². The molecule has 0 spiro atoms. The Kier molecular flexibility index (Phi) is 5.46. The Morgan fingerprint density at radius 1 is 1.17 bits per heavy atom. The normalized spacial score (nSPS) is 10.2. The van der Waals surface area contributed by atoms with E-state index in [1.165, 1.54) is 6.07 Å². The molecular weight excluding hydrogens is 297 g/mol. The summed E-state index contributed by atoms with van der Waals surface area (Å²) in [7, 11) is 0. The molecule has 4 nitrogen and oxygen atoms in total. The van der Waals surface area contributed by atoms with Crippen molar-refractivity contribution in [3.8, 4) is 0 Å². The number of esters is 1. The maximum atomic E-state index is 13.6. The smallest absolute Gasteiger partial charge is 0.338 e. The largest absolute Gasteiger partial charge is 0.462 e. The summed E-state index contributed by atoms with van der Waals surface area (Å²) in [5, 5.41) is 2.71. The summed E-state index contributed by atoms with van der Waals surface area (Å²) in [5.41, 5.74) is 2.00. The number of anilines is 1. The maximum absolute atomic E-state index is 13.6. The van der Waals surface area contributed by atoms with E-state index in [-0.39, 0.29) is 18.9 Å². The molecule has 1 amide bonds. The minimum absolute atomic E-state index is 0.0737. The van der Waals surface area contributed by atoms with Crippen LogP contribution in [0.2, 0.25) is 0 Å². The Labute approximate surface area is 134 Å². The van der Waals surface area contributed by atoms with Crippen LogP contribution in [0.25, 0.3) is 0 Å². The van der Waals surface area contributed by atoms with Crippen LogP contribution in [-0.4, -0.2) is 18.5 Å². The number of amides is 1. The third-order valence-electron chi connectivity index (χ3n) is 3.33. The number of ether oxygens (including phenoxy) is 1. The molecule has 0 bridgehead atoms. The molecule has 0 aliphatic rings. The molecule has 0 heterocycles. The van der Waals surface area contributed by atoms with Gasteiger partial charge in [0.1, 0.15) is 5.82 Å². The second kappa shape index (κ2) is 7.54. The minimum atomic E-state index is -0.447. The molecule has 0 atom stereocenters. The van der Waals surface area contributed by atoms with Gasteiger partial charge in [-0.15, -0.1) is 0 Å². The van der Waals surface area contributed by atoms with Crippen LogP contribution in [-0.2, 0) is 16.0 Å². The summed E-state index contributed by atoms with van der Waals surface area (Å²) in [5.74, 6) is -1.21. The zero-order valence-electron chi connectivity index (χ0n) is 13.1. The molecule has 0 saturated heterocycles. The molecular formula is C18H18FNO3. The zero-order valence-corrected chi connectivity index (χ0v) is 13.1. The molecule has 120 valence electrons. The quantitative estimate of drug-likeness (QED) is 0.859. The molecule has 5 heteroatoms. The number of benzene rings is 2. The standard InChI is InChI=1S/C18H18FNO3/c1-3-23-18(22)14-9-8-12(2)16(10-14)20-17(21)11-13-6-4-5-7-15(13)19/h4-10H,3,11H2,1-2H3,(H,20,21). The van der Waals surface area contributed by atoms with Crippen molar-refractivity contribution in [2.75, 3.05) is 11.9 Å². The van der Waals surface area contributed by atoms with Gasteiger partial charge in [-0.3, -0.25) is 4.79 Å². The number of carbonyl (C=O) groups is 2. The van der Waals surface area contributed by atoms with E-state index in [2.05, 4.69) is 5.32 Å². The van der Waals surface area contributed by atoms with Gasteiger partial charge in [0, 0.05) is 5.69 Å². The molecule has 1 N–H and O–H groups in total. The second-order valence-electron chi connectivity index (χ2n) is 5.07. The number of aryl methyl sites for hydroxylation is 1. The van der Waals surface area contributed by atoms with E-state index >= 15 is 0 Å². The molecule has 0 unspecified atom stereocenters. The molecule has 0 aliphatic carbocycles. The van der Waals surface area contributed by atoms with E-state index in [4.69, 9.17) is 4.74 Å². The summed E-state index contributed by atoms with van der Waals surface area (Å²) >= 11 is 0. The maximum Gasteiger partial charge on any atom is 0.338 e. The molecule has 2 aromatic rings. The number of hydrogen-bond donors (Lipinski definition) is 1. The van der Waals surface area contributed by atoms with Crippen molar-refractivity contribution >= 4 is 17.6 Å². The van der Waals surface area contributed by atoms with Gasteiger partial charge in [0.25, 0.3) is 0 Å². The molecule has 0 fully saturated rings. The summed E-state index contributed by atoms with van der Waals surface area (Å²) in [6.45, 7) is 3.82. The first-order chi connectivity index (χ1) is 11.0. The number of carbonyl (C=O) groups excluding carboxylic acids is 2. The van der Waals surface area contributed by atoms with Gasteiger partial charge >= 0.3 is 5.97 Å². The van der Waals surface area contributed by atoms with Crippen LogP contribution >= 0.6 is 0 Å². The first-order valence-electron chi connectivity index (χ1n) is 7.32. The highest BCUT2D eigenvalue weighted by molar-refractivity contribution is 5.96. The van der Waals surface area contributed by atoms with Crippen molar-refractivity contribution in [2.24, 2.45) is 0 Å². The highest BCUT2D eigenvalue weighted by Gasteiger charge is 2.12. The predicted octanol–water partition coefficient (Wildman–Crippen LogP) is 3.49. The Bertz CT molecular complexity index is 728. The molecule has 0 saturated carbocycles. The van der Waals surface area contributed by atoms with Crippen molar-refractivity contribution in [2.45, 2.75) is 20.3 Å². The highest BCUT2D eigenvalue weighted by atomic mass is 19.1. The number of halogens is 1. The third-order valence-corrected chi connectivity index (χ3v) is 3.33. The first kappa shape index (κ1) is 16.7. The summed E-state index contributed by atoms with van der Waals surface area (Å²) in [4.78, 5) is 23.8. The summed E-state index contributed by atoms with van der Waals surface area (Å²) in [6.07, 6.45) is -0.0737. The van der Waals surface area contributed by atoms with Gasteiger partial charge in [0.2, 0.25) is 5.91 Å².